The standard InChI is InChI=1S/C17H12BrNO4S/c1-22-17(21)14-11(10-5-3-2-4-6-10)9-24-16(14)19-15(20)12-7-8-13(18)23-12/h2-9H,1H3,(H,19,20). The van der Waals surface area contributed by atoms with E-state index >= 15 is 0 Å². The quantitative estimate of drug-likeness (QED) is 0.632. The average Bonchev–Trinajstić information content (AvgIpc) is 3.21. The molecule has 1 N–H and O–H groups in total. The van der Waals surface area contributed by atoms with Gasteiger partial charge in [-0.25, -0.2) is 4.79 Å². The van der Waals surface area contributed by atoms with Crippen LogP contribution in [0.25, 0.3) is 11.1 Å². The highest BCUT2D eigenvalue weighted by atomic mass is 79.9. The van der Waals surface area contributed by atoms with E-state index in [2.05, 4.69) is 21.2 Å². The topological polar surface area (TPSA) is 68.5 Å². The van der Waals surface area contributed by atoms with Gasteiger partial charge >= 0.3 is 5.97 Å². The first-order valence-corrected chi connectivity index (χ1v) is 8.59. The van der Waals surface area contributed by atoms with Crippen molar-refractivity contribution >= 4 is 44.1 Å². The van der Waals surface area contributed by atoms with Gasteiger partial charge in [0, 0.05) is 10.9 Å². The van der Waals surface area contributed by atoms with E-state index in [4.69, 9.17) is 9.15 Å². The van der Waals surface area contributed by atoms with Crippen LogP contribution in [0.1, 0.15) is 20.9 Å². The number of amides is 1. The molecular formula is C17H12BrNO4S. The average molecular weight is 406 g/mol. The third kappa shape index (κ3) is 3.27. The van der Waals surface area contributed by atoms with E-state index in [1.165, 1.54) is 18.4 Å². The molecule has 1 amide bonds. The van der Waals surface area contributed by atoms with Crippen molar-refractivity contribution in [1.82, 2.24) is 0 Å². The second-order valence-electron chi connectivity index (χ2n) is 4.77. The van der Waals surface area contributed by atoms with Crippen LogP contribution in [0.3, 0.4) is 0 Å². The van der Waals surface area contributed by atoms with Crippen molar-refractivity contribution in [2.75, 3.05) is 12.4 Å². The summed E-state index contributed by atoms with van der Waals surface area (Å²) in [7, 11) is 1.31. The molecule has 3 aromatic rings. The van der Waals surface area contributed by atoms with Gasteiger partial charge in [-0.3, -0.25) is 4.79 Å². The van der Waals surface area contributed by atoms with E-state index in [9.17, 15) is 9.59 Å². The molecule has 0 saturated carbocycles. The van der Waals surface area contributed by atoms with Crippen LogP contribution < -0.4 is 5.32 Å². The molecule has 0 spiro atoms. The maximum absolute atomic E-state index is 12.3. The predicted molar refractivity (Wildman–Crippen MR) is 95.5 cm³/mol. The summed E-state index contributed by atoms with van der Waals surface area (Å²) < 4.78 is 10.6. The molecule has 1 aromatic carbocycles. The van der Waals surface area contributed by atoms with Crippen molar-refractivity contribution in [2.24, 2.45) is 0 Å². The van der Waals surface area contributed by atoms with Gasteiger partial charge in [0.05, 0.1) is 7.11 Å². The summed E-state index contributed by atoms with van der Waals surface area (Å²) in [6.45, 7) is 0. The first-order valence-electron chi connectivity index (χ1n) is 6.92. The van der Waals surface area contributed by atoms with E-state index in [1.807, 2.05) is 35.7 Å². The summed E-state index contributed by atoms with van der Waals surface area (Å²) in [5.74, 6) is -0.800. The van der Waals surface area contributed by atoms with E-state index in [0.29, 0.717) is 20.8 Å². The number of rotatable bonds is 4. The molecule has 0 aliphatic heterocycles. The number of halogens is 1. The Morgan fingerprint density at radius 1 is 1.17 bits per heavy atom. The van der Waals surface area contributed by atoms with Crippen molar-refractivity contribution < 1.29 is 18.7 Å². The van der Waals surface area contributed by atoms with Gasteiger partial charge in [-0.05, 0) is 33.6 Å². The van der Waals surface area contributed by atoms with Gasteiger partial charge in [0.1, 0.15) is 10.6 Å². The van der Waals surface area contributed by atoms with Gasteiger partial charge in [-0.1, -0.05) is 30.3 Å². The largest absolute Gasteiger partial charge is 0.465 e. The van der Waals surface area contributed by atoms with Crippen molar-refractivity contribution in [3.63, 3.8) is 0 Å². The second kappa shape index (κ2) is 7.02. The summed E-state index contributed by atoms with van der Waals surface area (Å²) in [4.78, 5) is 24.5. The lowest BCUT2D eigenvalue weighted by molar-refractivity contribution is 0.0603. The monoisotopic (exact) mass is 405 g/mol. The summed E-state index contributed by atoms with van der Waals surface area (Å²) in [6.07, 6.45) is 0. The van der Waals surface area contributed by atoms with Crippen LogP contribution in [0.2, 0.25) is 0 Å². The van der Waals surface area contributed by atoms with Crippen LogP contribution in [-0.4, -0.2) is 19.0 Å². The van der Waals surface area contributed by atoms with Gasteiger partial charge < -0.3 is 14.5 Å². The molecule has 0 atom stereocenters. The Labute approximate surface area is 150 Å². The molecule has 0 saturated heterocycles. The number of ether oxygens (including phenoxy) is 1. The normalized spacial score (nSPS) is 10.4. The maximum atomic E-state index is 12.3. The van der Waals surface area contributed by atoms with Crippen molar-refractivity contribution in [3.8, 4) is 11.1 Å². The zero-order chi connectivity index (χ0) is 17.1. The molecule has 3 rings (SSSR count). The molecule has 0 aliphatic carbocycles. The molecule has 7 heteroatoms. The molecule has 0 unspecified atom stereocenters. The van der Waals surface area contributed by atoms with Crippen LogP contribution in [0.5, 0.6) is 0 Å². The van der Waals surface area contributed by atoms with Crippen molar-refractivity contribution in [1.29, 1.82) is 0 Å². The smallest absolute Gasteiger partial charge is 0.341 e. The Morgan fingerprint density at radius 3 is 2.54 bits per heavy atom. The van der Waals surface area contributed by atoms with Crippen LogP contribution in [0.4, 0.5) is 5.00 Å². The van der Waals surface area contributed by atoms with Crippen LogP contribution in [0.15, 0.2) is 56.9 Å². The molecule has 24 heavy (non-hydrogen) atoms. The van der Waals surface area contributed by atoms with Crippen molar-refractivity contribution in [2.45, 2.75) is 0 Å². The Morgan fingerprint density at radius 2 is 1.92 bits per heavy atom. The summed E-state index contributed by atoms with van der Waals surface area (Å²) in [6, 6.07) is 12.6. The molecule has 2 heterocycles. The van der Waals surface area contributed by atoms with Gasteiger partial charge in [0.2, 0.25) is 0 Å². The van der Waals surface area contributed by atoms with E-state index in [-0.39, 0.29) is 5.76 Å². The minimum absolute atomic E-state index is 0.146. The fourth-order valence-electron chi connectivity index (χ4n) is 2.19. The minimum atomic E-state index is -0.508. The number of furan rings is 1. The fraction of sp³-hybridized carbons (Fsp3) is 0.0588. The Bertz CT molecular complexity index is 885. The number of nitrogens with one attached hydrogen (secondary N) is 1. The summed E-state index contributed by atoms with van der Waals surface area (Å²) >= 11 is 4.41. The summed E-state index contributed by atoms with van der Waals surface area (Å²) in [5, 5.41) is 4.94. The third-order valence-corrected chi connectivity index (χ3v) is 4.61. The number of hydrogen-bond donors (Lipinski definition) is 1. The maximum Gasteiger partial charge on any atom is 0.341 e. The number of esters is 1. The number of carbonyl (C=O) groups is 2. The predicted octanol–water partition coefficient (Wildman–Crippen LogP) is 4.81. The van der Waals surface area contributed by atoms with Crippen LogP contribution in [-0.2, 0) is 4.74 Å². The molecular weight excluding hydrogens is 394 g/mol. The van der Waals surface area contributed by atoms with E-state index in [0.717, 1.165) is 5.56 Å². The molecule has 0 bridgehead atoms. The van der Waals surface area contributed by atoms with Crippen LogP contribution >= 0.6 is 27.3 Å². The number of thiophene rings is 1. The number of benzene rings is 1. The van der Waals surface area contributed by atoms with E-state index in [1.54, 1.807) is 12.1 Å². The highest BCUT2D eigenvalue weighted by Crippen LogP contribution is 2.36. The lowest BCUT2D eigenvalue weighted by Crippen LogP contribution is -2.13. The zero-order valence-corrected chi connectivity index (χ0v) is 14.9. The molecule has 0 fully saturated rings. The summed E-state index contributed by atoms with van der Waals surface area (Å²) in [5.41, 5.74) is 1.91. The minimum Gasteiger partial charge on any atom is -0.465 e. The first kappa shape index (κ1) is 16.5. The fourth-order valence-corrected chi connectivity index (χ4v) is 3.44. The number of hydrogen-bond acceptors (Lipinski definition) is 5. The van der Waals surface area contributed by atoms with Gasteiger partial charge in [0.15, 0.2) is 10.4 Å². The SMILES string of the molecule is COC(=O)c1c(-c2ccccc2)csc1NC(=O)c1ccc(Br)o1. The molecule has 2 aromatic heterocycles. The van der Waals surface area contributed by atoms with Crippen LogP contribution in [0, 0.1) is 0 Å². The number of anilines is 1. The Kier molecular flexibility index (Phi) is 4.82. The zero-order valence-electron chi connectivity index (χ0n) is 12.5. The molecule has 122 valence electrons. The number of carbonyl (C=O) groups excluding carboxylic acids is 2. The lowest BCUT2D eigenvalue weighted by Gasteiger charge is -2.07. The Hall–Kier alpha value is -2.38. The highest BCUT2D eigenvalue weighted by Gasteiger charge is 2.23. The molecule has 5 nitrogen and oxygen atoms in total. The number of methoxy groups -OCH3 is 1. The van der Waals surface area contributed by atoms with Gasteiger partial charge in [-0.2, -0.15) is 0 Å². The second-order valence-corrected chi connectivity index (χ2v) is 6.43. The highest BCUT2D eigenvalue weighted by molar-refractivity contribution is 9.10. The third-order valence-electron chi connectivity index (χ3n) is 3.29. The molecule has 0 radical (unpaired) electrons. The Balaban J connectivity index is 1.98. The van der Waals surface area contributed by atoms with Gasteiger partial charge in [-0.15, -0.1) is 11.3 Å². The van der Waals surface area contributed by atoms with Crippen molar-refractivity contribution in [3.05, 3.63) is 63.8 Å². The molecule has 0 aliphatic rings. The first-order chi connectivity index (χ1) is 11.6. The van der Waals surface area contributed by atoms with Gasteiger partial charge in [0.25, 0.3) is 5.91 Å². The lowest BCUT2D eigenvalue weighted by atomic mass is 10.0. The van der Waals surface area contributed by atoms with E-state index < -0.39 is 11.9 Å².